The molecule has 31 heavy (non-hydrogen) atoms. The maximum absolute atomic E-state index is 14.1. The topological polar surface area (TPSA) is 37.4 Å². The van der Waals surface area contributed by atoms with Gasteiger partial charge in [-0.3, -0.25) is 4.99 Å². The molecule has 1 N–H and O–H groups in total. The van der Waals surface area contributed by atoms with E-state index in [1.165, 1.54) is 44.7 Å². The standard InChI is InChI=1S/C23H38F2N6/c1-3-26-23(27-9-5-6-10-29-13-11-28(4-2)12-14-29)31-17-15-30(16-18-31)22-19-20(24)7-8-21(22)25/h7-8,19H,3-6,9-18H2,1-2H3,(H,26,27). The number of anilines is 1. The average molecular weight is 437 g/mol. The summed E-state index contributed by atoms with van der Waals surface area (Å²) in [7, 11) is 0. The lowest BCUT2D eigenvalue weighted by Gasteiger charge is -2.37. The van der Waals surface area contributed by atoms with E-state index in [4.69, 9.17) is 4.99 Å². The van der Waals surface area contributed by atoms with Gasteiger partial charge in [-0.1, -0.05) is 6.92 Å². The van der Waals surface area contributed by atoms with Gasteiger partial charge in [0.2, 0.25) is 0 Å². The molecular formula is C23H38F2N6. The molecule has 2 aliphatic rings. The monoisotopic (exact) mass is 436 g/mol. The Morgan fingerprint density at radius 3 is 2.32 bits per heavy atom. The highest BCUT2D eigenvalue weighted by molar-refractivity contribution is 5.80. The van der Waals surface area contributed by atoms with Crippen LogP contribution in [0, 0.1) is 11.6 Å². The predicted molar refractivity (Wildman–Crippen MR) is 124 cm³/mol. The number of benzene rings is 1. The number of hydrogen-bond acceptors (Lipinski definition) is 4. The summed E-state index contributed by atoms with van der Waals surface area (Å²) >= 11 is 0. The summed E-state index contributed by atoms with van der Waals surface area (Å²) < 4.78 is 27.6. The first-order chi connectivity index (χ1) is 15.1. The van der Waals surface area contributed by atoms with E-state index in [1.807, 2.05) is 4.90 Å². The Morgan fingerprint density at radius 1 is 0.935 bits per heavy atom. The van der Waals surface area contributed by atoms with Gasteiger partial charge in [0.25, 0.3) is 0 Å². The summed E-state index contributed by atoms with van der Waals surface area (Å²) in [5.41, 5.74) is 0.348. The molecule has 0 aliphatic carbocycles. The zero-order chi connectivity index (χ0) is 22.1. The molecule has 0 aromatic heterocycles. The van der Waals surface area contributed by atoms with Crippen LogP contribution in [0.2, 0.25) is 0 Å². The smallest absolute Gasteiger partial charge is 0.194 e. The first-order valence-electron chi connectivity index (χ1n) is 11.8. The minimum Gasteiger partial charge on any atom is -0.366 e. The fraction of sp³-hybridized carbons (Fsp3) is 0.696. The average Bonchev–Trinajstić information content (AvgIpc) is 2.80. The van der Waals surface area contributed by atoms with Crippen LogP contribution < -0.4 is 10.2 Å². The van der Waals surface area contributed by atoms with Crippen molar-refractivity contribution in [1.29, 1.82) is 0 Å². The molecule has 2 saturated heterocycles. The Hall–Kier alpha value is -1.93. The molecule has 174 valence electrons. The molecule has 0 spiro atoms. The Morgan fingerprint density at radius 2 is 1.65 bits per heavy atom. The minimum atomic E-state index is -0.402. The van der Waals surface area contributed by atoms with E-state index in [1.54, 1.807) is 0 Å². The first-order valence-corrected chi connectivity index (χ1v) is 11.8. The molecular weight excluding hydrogens is 398 g/mol. The number of halogens is 2. The number of nitrogens with zero attached hydrogens (tertiary/aromatic N) is 5. The third kappa shape index (κ3) is 7.04. The Balaban J connectivity index is 1.42. The van der Waals surface area contributed by atoms with Crippen LogP contribution in [0.1, 0.15) is 26.7 Å². The van der Waals surface area contributed by atoms with E-state index in [0.29, 0.717) is 18.8 Å². The van der Waals surface area contributed by atoms with Gasteiger partial charge in [0, 0.05) is 71.5 Å². The van der Waals surface area contributed by atoms with Crippen molar-refractivity contribution in [1.82, 2.24) is 20.0 Å². The van der Waals surface area contributed by atoms with Crippen LogP contribution in [0.15, 0.2) is 23.2 Å². The van der Waals surface area contributed by atoms with Crippen molar-refractivity contribution in [2.45, 2.75) is 26.7 Å². The molecule has 0 radical (unpaired) electrons. The largest absolute Gasteiger partial charge is 0.366 e. The number of rotatable bonds is 8. The molecule has 8 heteroatoms. The third-order valence-corrected chi connectivity index (χ3v) is 6.22. The van der Waals surface area contributed by atoms with Crippen molar-refractivity contribution >= 4 is 11.6 Å². The summed E-state index contributed by atoms with van der Waals surface area (Å²) in [6, 6.07) is 3.65. The summed E-state index contributed by atoms with van der Waals surface area (Å²) in [5.74, 6) is 0.158. The number of likely N-dealkylation sites (N-methyl/N-ethyl adjacent to an activating group) is 1. The number of piperazine rings is 2. The maximum Gasteiger partial charge on any atom is 0.194 e. The van der Waals surface area contributed by atoms with Gasteiger partial charge < -0.3 is 24.9 Å². The lowest BCUT2D eigenvalue weighted by atomic mass is 10.2. The van der Waals surface area contributed by atoms with E-state index in [0.717, 1.165) is 57.7 Å². The molecule has 0 amide bonds. The van der Waals surface area contributed by atoms with Gasteiger partial charge in [-0.25, -0.2) is 8.78 Å². The molecule has 0 bridgehead atoms. The molecule has 3 rings (SSSR count). The second-order valence-electron chi connectivity index (χ2n) is 8.29. The number of unbranched alkanes of at least 4 members (excludes halogenated alkanes) is 1. The van der Waals surface area contributed by atoms with Gasteiger partial charge in [0.1, 0.15) is 11.6 Å². The van der Waals surface area contributed by atoms with E-state index < -0.39 is 5.82 Å². The van der Waals surface area contributed by atoms with Crippen LogP contribution >= 0.6 is 0 Å². The summed E-state index contributed by atoms with van der Waals surface area (Å²) in [5, 5.41) is 3.39. The van der Waals surface area contributed by atoms with E-state index >= 15 is 0 Å². The minimum absolute atomic E-state index is 0.348. The number of hydrogen-bond donors (Lipinski definition) is 1. The van der Waals surface area contributed by atoms with Crippen molar-refractivity contribution in [3.05, 3.63) is 29.8 Å². The number of aliphatic imine (C=N–C) groups is 1. The van der Waals surface area contributed by atoms with Crippen LogP contribution in [-0.2, 0) is 0 Å². The second kappa shape index (κ2) is 12.2. The quantitative estimate of drug-likeness (QED) is 0.385. The highest BCUT2D eigenvalue weighted by Crippen LogP contribution is 2.22. The highest BCUT2D eigenvalue weighted by atomic mass is 19.1. The van der Waals surface area contributed by atoms with Crippen LogP contribution in [0.25, 0.3) is 0 Å². The summed E-state index contributed by atoms with van der Waals surface area (Å²) in [6.45, 7) is 15.7. The molecule has 2 fully saturated rings. The number of guanidine groups is 1. The van der Waals surface area contributed by atoms with Crippen LogP contribution in [0.4, 0.5) is 14.5 Å². The number of nitrogens with one attached hydrogen (secondary N) is 1. The van der Waals surface area contributed by atoms with Gasteiger partial charge in [-0.2, -0.15) is 0 Å². The molecule has 0 saturated carbocycles. The van der Waals surface area contributed by atoms with Gasteiger partial charge in [0.05, 0.1) is 5.69 Å². The second-order valence-corrected chi connectivity index (χ2v) is 8.29. The first kappa shape index (κ1) is 23.7. The van der Waals surface area contributed by atoms with Crippen molar-refractivity contribution < 1.29 is 8.78 Å². The summed E-state index contributed by atoms with van der Waals surface area (Å²) in [4.78, 5) is 14.0. The Kier molecular flexibility index (Phi) is 9.33. The van der Waals surface area contributed by atoms with E-state index in [9.17, 15) is 8.78 Å². The van der Waals surface area contributed by atoms with Gasteiger partial charge in [-0.05, 0) is 45.0 Å². The van der Waals surface area contributed by atoms with Crippen molar-refractivity contribution in [3.8, 4) is 0 Å². The molecule has 0 unspecified atom stereocenters. The zero-order valence-corrected chi connectivity index (χ0v) is 19.1. The van der Waals surface area contributed by atoms with Crippen molar-refractivity contribution in [2.75, 3.05) is 83.4 Å². The van der Waals surface area contributed by atoms with Gasteiger partial charge in [0.15, 0.2) is 5.96 Å². The molecule has 6 nitrogen and oxygen atoms in total. The van der Waals surface area contributed by atoms with Crippen LogP contribution in [0.3, 0.4) is 0 Å². The third-order valence-electron chi connectivity index (χ3n) is 6.22. The SMILES string of the molecule is CCNC(=NCCCCN1CCN(CC)CC1)N1CCN(c2cc(F)ccc2F)CC1. The Bertz CT molecular complexity index is 697. The van der Waals surface area contributed by atoms with Crippen LogP contribution in [0.5, 0.6) is 0 Å². The maximum atomic E-state index is 14.1. The molecule has 1 aromatic carbocycles. The van der Waals surface area contributed by atoms with E-state index in [2.05, 4.69) is 33.9 Å². The van der Waals surface area contributed by atoms with Gasteiger partial charge in [-0.15, -0.1) is 0 Å². The predicted octanol–water partition coefficient (Wildman–Crippen LogP) is 2.47. The lowest BCUT2D eigenvalue weighted by molar-refractivity contribution is 0.136. The fourth-order valence-electron chi connectivity index (χ4n) is 4.27. The molecule has 2 heterocycles. The van der Waals surface area contributed by atoms with Crippen molar-refractivity contribution in [3.63, 3.8) is 0 Å². The molecule has 2 aliphatic heterocycles. The van der Waals surface area contributed by atoms with Crippen molar-refractivity contribution in [2.24, 2.45) is 4.99 Å². The van der Waals surface area contributed by atoms with E-state index in [-0.39, 0.29) is 5.82 Å². The van der Waals surface area contributed by atoms with Gasteiger partial charge >= 0.3 is 0 Å². The summed E-state index contributed by atoms with van der Waals surface area (Å²) in [6.07, 6.45) is 2.25. The zero-order valence-electron chi connectivity index (χ0n) is 19.1. The molecule has 1 aromatic rings. The Labute approximate surface area is 185 Å². The van der Waals surface area contributed by atoms with Crippen LogP contribution in [-0.4, -0.2) is 99.2 Å². The highest BCUT2D eigenvalue weighted by Gasteiger charge is 2.22. The lowest BCUT2D eigenvalue weighted by Crippen LogP contribution is -2.52. The fourth-order valence-corrected chi connectivity index (χ4v) is 4.27. The normalized spacial score (nSPS) is 19.2. The molecule has 0 atom stereocenters.